The molecule has 0 radical (unpaired) electrons. The lowest BCUT2D eigenvalue weighted by atomic mass is 10.1. The summed E-state index contributed by atoms with van der Waals surface area (Å²) in [7, 11) is 0. The quantitative estimate of drug-likeness (QED) is 0.670. The van der Waals surface area contributed by atoms with Crippen molar-refractivity contribution in [1.82, 2.24) is 0 Å². The minimum Gasteiger partial charge on any atom is -0.423 e. The Balaban J connectivity index is 1.80. The number of carbonyl (C=O) groups excluding carboxylic acids is 2. The number of ether oxygens (including phenoxy) is 1. The highest BCUT2D eigenvalue weighted by atomic mass is 19.4. The molecule has 1 aliphatic heterocycles. The van der Waals surface area contributed by atoms with Crippen LogP contribution in [0.5, 0.6) is 5.75 Å². The third-order valence-corrected chi connectivity index (χ3v) is 3.84. The first-order valence-corrected chi connectivity index (χ1v) is 7.76. The van der Waals surface area contributed by atoms with Crippen molar-refractivity contribution in [1.29, 1.82) is 0 Å². The van der Waals surface area contributed by atoms with Crippen LogP contribution in [0.25, 0.3) is 0 Å². The number of rotatable bonds is 3. The van der Waals surface area contributed by atoms with Gasteiger partial charge < -0.3 is 15.0 Å². The Hall–Kier alpha value is -3.03. The molecule has 0 bridgehead atoms. The second-order valence-electron chi connectivity index (χ2n) is 5.89. The number of aryl methyl sites for hydroxylation is 1. The average molecular weight is 364 g/mol. The molecule has 0 saturated heterocycles. The van der Waals surface area contributed by atoms with Gasteiger partial charge in [0, 0.05) is 0 Å². The number of amides is 1. The molecule has 1 heterocycles. The summed E-state index contributed by atoms with van der Waals surface area (Å²) in [5.41, 5.74) is 0.190. The molecule has 2 aromatic rings. The zero-order valence-corrected chi connectivity index (χ0v) is 13.8. The number of alkyl halides is 3. The summed E-state index contributed by atoms with van der Waals surface area (Å²) in [5.74, 6) is -0.885. The first-order valence-electron chi connectivity index (χ1n) is 7.76. The summed E-state index contributed by atoms with van der Waals surface area (Å²) in [6.45, 7) is 1.40. The molecule has 1 N–H and O–H groups in total. The van der Waals surface area contributed by atoms with Crippen molar-refractivity contribution >= 4 is 23.3 Å². The molecule has 3 rings (SSSR count). The summed E-state index contributed by atoms with van der Waals surface area (Å²) in [5, 5.41) is 2.27. The number of hydrogen-bond acceptors (Lipinski definition) is 4. The molecule has 0 saturated carbocycles. The summed E-state index contributed by atoms with van der Waals surface area (Å²) >= 11 is 0. The second kappa shape index (κ2) is 6.70. The lowest BCUT2D eigenvalue weighted by Gasteiger charge is -2.29. The average Bonchev–Trinajstić information content (AvgIpc) is 2.55. The molecule has 0 spiro atoms. The van der Waals surface area contributed by atoms with Gasteiger partial charge in [-0.15, -0.1) is 0 Å². The standard InChI is InChI=1S/C18H15F3N2O3/c1-11-6-7-15-14(8-11)23(10-17(25)26-15)9-16(24)22-13-5-3-2-4-12(13)18(19,20)21/h2-8H,9-10H2,1H3,(H,22,24). The van der Waals surface area contributed by atoms with Crippen LogP contribution in [-0.4, -0.2) is 25.0 Å². The van der Waals surface area contributed by atoms with Gasteiger partial charge in [0.2, 0.25) is 5.91 Å². The Morgan fingerprint density at radius 3 is 2.69 bits per heavy atom. The van der Waals surface area contributed by atoms with Crippen molar-refractivity contribution in [2.75, 3.05) is 23.3 Å². The SMILES string of the molecule is Cc1ccc2c(c1)N(CC(=O)Nc1ccccc1C(F)(F)F)CC(=O)O2. The Kier molecular flexibility index (Phi) is 4.58. The number of anilines is 2. The summed E-state index contributed by atoms with van der Waals surface area (Å²) in [4.78, 5) is 25.5. The highest BCUT2D eigenvalue weighted by Gasteiger charge is 2.34. The van der Waals surface area contributed by atoms with Gasteiger partial charge >= 0.3 is 12.1 Å². The molecular weight excluding hydrogens is 349 g/mol. The van der Waals surface area contributed by atoms with E-state index in [2.05, 4.69) is 5.32 Å². The molecule has 8 heteroatoms. The van der Waals surface area contributed by atoms with E-state index in [-0.39, 0.29) is 18.8 Å². The number of nitrogens with zero attached hydrogens (tertiary/aromatic N) is 1. The zero-order chi connectivity index (χ0) is 18.9. The molecule has 136 valence electrons. The minimum atomic E-state index is -4.58. The number of halogens is 3. The van der Waals surface area contributed by atoms with E-state index in [1.165, 1.54) is 23.1 Å². The predicted octanol–water partition coefficient (Wildman–Crippen LogP) is 3.38. The lowest BCUT2D eigenvalue weighted by Crippen LogP contribution is -2.41. The molecule has 2 aromatic carbocycles. The van der Waals surface area contributed by atoms with Crippen LogP contribution in [0.1, 0.15) is 11.1 Å². The molecule has 5 nitrogen and oxygen atoms in total. The normalized spacial score (nSPS) is 13.8. The maximum Gasteiger partial charge on any atom is 0.418 e. The molecule has 1 aliphatic rings. The van der Waals surface area contributed by atoms with E-state index in [1.807, 2.05) is 6.92 Å². The monoisotopic (exact) mass is 364 g/mol. The molecule has 26 heavy (non-hydrogen) atoms. The van der Waals surface area contributed by atoms with E-state index in [1.54, 1.807) is 18.2 Å². The van der Waals surface area contributed by atoms with Crippen LogP contribution in [0, 0.1) is 6.92 Å². The maximum atomic E-state index is 13.0. The summed E-state index contributed by atoms with van der Waals surface area (Å²) in [6, 6.07) is 9.86. The minimum absolute atomic E-state index is 0.162. The molecule has 0 fully saturated rings. The first-order chi connectivity index (χ1) is 12.2. The van der Waals surface area contributed by atoms with Crippen LogP contribution >= 0.6 is 0 Å². The molecular formula is C18H15F3N2O3. The van der Waals surface area contributed by atoms with Crippen LogP contribution < -0.4 is 15.0 Å². The van der Waals surface area contributed by atoms with Gasteiger partial charge in [-0.2, -0.15) is 13.2 Å². The molecule has 0 unspecified atom stereocenters. The van der Waals surface area contributed by atoms with Crippen molar-refractivity contribution in [3.8, 4) is 5.75 Å². The smallest absolute Gasteiger partial charge is 0.418 e. The van der Waals surface area contributed by atoms with Crippen LogP contribution in [-0.2, 0) is 15.8 Å². The van der Waals surface area contributed by atoms with Crippen LogP contribution in [0.3, 0.4) is 0 Å². The number of fused-ring (bicyclic) bond motifs is 1. The lowest BCUT2D eigenvalue weighted by molar-refractivity contribution is -0.137. The number of carbonyl (C=O) groups is 2. The fourth-order valence-electron chi connectivity index (χ4n) is 2.70. The van der Waals surface area contributed by atoms with E-state index in [4.69, 9.17) is 4.74 Å². The van der Waals surface area contributed by atoms with Gasteiger partial charge in [-0.25, -0.2) is 4.79 Å². The fraction of sp³-hybridized carbons (Fsp3) is 0.222. The van der Waals surface area contributed by atoms with Gasteiger partial charge in [0.25, 0.3) is 0 Å². The number of hydrogen-bond donors (Lipinski definition) is 1. The Morgan fingerprint density at radius 1 is 1.23 bits per heavy atom. The Bertz CT molecular complexity index is 865. The largest absolute Gasteiger partial charge is 0.423 e. The number of para-hydroxylation sites is 1. The van der Waals surface area contributed by atoms with Crippen molar-refractivity contribution in [3.05, 3.63) is 53.6 Å². The van der Waals surface area contributed by atoms with Crippen molar-refractivity contribution in [2.24, 2.45) is 0 Å². The first kappa shape index (κ1) is 17.8. The summed E-state index contributed by atoms with van der Waals surface area (Å²) in [6.07, 6.45) is -4.58. The van der Waals surface area contributed by atoms with E-state index in [0.29, 0.717) is 11.4 Å². The topological polar surface area (TPSA) is 58.6 Å². The van der Waals surface area contributed by atoms with E-state index in [0.717, 1.165) is 11.6 Å². The second-order valence-corrected chi connectivity index (χ2v) is 5.89. The molecule has 1 amide bonds. The Morgan fingerprint density at radius 2 is 1.96 bits per heavy atom. The van der Waals surface area contributed by atoms with E-state index >= 15 is 0 Å². The number of benzene rings is 2. The molecule has 0 aliphatic carbocycles. The van der Waals surface area contributed by atoms with Crippen molar-refractivity contribution < 1.29 is 27.5 Å². The third kappa shape index (κ3) is 3.79. The van der Waals surface area contributed by atoms with Gasteiger partial charge in [-0.1, -0.05) is 18.2 Å². The van der Waals surface area contributed by atoms with E-state index in [9.17, 15) is 22.8 Å². The van der Waals surface area contributed by atoms with E-state index < -0.39 is 23.6 Å². The van der Waals surface area contributed by atoms with Gasteiger partial charge in [-0.3, -0.25) is 4.79 Å². The van der Waals surface area contributed by atoms with Crippen LogP contribution in [0.15, 0.2) is 42.5 Å². The molecule has 0 aromatic heterocycles. The number of nitrogens with one attached hydrogen (secondary N) is 1. The van der Waals surface area contributed by atoms with Crippen molar-refractivity contribution in [2.45, 2.75) is 13.1 Å². The third-order valence-electron chi connectivity index (χ3n) is 3.84. The van der Waals surface area contributed by atoms with Crippen LogP contribution in [0.2, 0.25) is 0 Å². The fourth-order valence-corrected chi connectivity index (χ4v) is 2.70. The molecule has 0 atom stereocenters. The van der Waals surface area contributed by atoms with Crippen molar-refractivity contribution in [3.63, 3.8) is 0 Å². The van der Waals surface area contributed by atoms with Gasteiger partial charge in [0.05, 0.1) is 23.5 Å². The highest BCUT2D eigenvalue weighted by Crippen LogP contribution is 2.35. The highest BCUT2D eigenvalue weighted by molar-refractivity contribution is 5.97. The van der Waals surface area contributed by atoms with Gasteiger partial charge in [0.15, 0.2) is 5.75 Å². The van der Waals surface area contributed by atoms with Crippen LogP contribution in [0.4, 0.5) is 24.5 Å². The Labute approximate surface area is 147 Å². The number of esters is 1. The summed E-state index contributed by atoms with van der Waals surface area (Å²) < 4.78 is 44.2. The zero-order valence-electron chi connectivity index (χ0n) is 13.8. The van der Waals surface area contributed by atoms with Gasteiger partial charge in [-0.05, 0) is 36.8 Å². The maximum absolute atomic E-state index is 13.0. The van der Waals surface area contributed by atoms with Gasteiger partial charge in [0.1, 0.15) is 6.54 Å². The predicted molar refractivity (Wildman–Crippen MR) is 89.1 cm³/mol.